The van der Waals surface area contributed by atoms with Gasteiger partial charge in [0.15, 0.2) is 6.10 Å². The lowest BCUT2D eigenvalue weighted by Gasteiger charge is -2.18. The van der Waals surface area contributed by atoms with Crippen molar-refractivity contribution in [1.82, 2.24) is 5.32 Å². The maximum atomic E-state index is 11.8. The van der Waals surface area contributed by atoms with E-state index in [0.717, 1.165) is 30.4 Å². The number of carbonyl (C=O) groups is 3. The molecule has 2 aromatic carbocycles. The number of carbonyl (C=O) groups excluding carboxylic acids is 3. The van der Waals surface area contributed by atoms with Crippen LogP contribution in [-0.2, 0) is 36.8 Å². The van der Waals surface area contributed by atoms with Gasteiger partial charge in [0.2, 0.25) is 0 Å². The van der Waals surface area contributed by atoms with Crippen molar-refractivity contribution >= 4 is 18.0 Å². The highest BCUT2D eigenvalue weighted by Crippen LogP contribution is 2.20. The Labute approximate surface area is 194 Å². The summed E-state index contributed by atoms with van der Waals surface area (Å²) in [5.74, 6) is -0.253. The van der Waals surface area contributed by atoms with Gasteiger partial charge in [-0.1, -0.05) is 48.5 Å². The molecule has 1 atom stereocenters. The van der Waals surface area contributed by atoms with Crippen LogP contribution >= 0.6 is 0 Å². The third-order valence-electron chi connectivity index (χ3n) is 4.56. The van der Waals surface area contributed by atoms with E-state index >= 15 is 0 Å². The number of aryl methyl sites for hydroxylation is 1. The fourth-order valence-corrected chi connectivity index (χ4v) is 3.00. The quantitative estimate of drug-likeness (QED) is 0.277. The van der Waals surface area contributed by atoms with E-state index in [9.17, 15) is 14.4 Å². The van der Waals surface area contributed by atoms with Crippen LogP contribution in [-0.4, -0.2) is 43.9 Å². The molecule has 8 heteroatoms. The van der Waals surface area contributed by atoms with Gasteiger partial charge in [-0.25, -0.2) is 4.79 Å². The van der Waals surface area contributed by atoms with E-state index in [2.05, 4.69) is 5.32 Å². The molecule has 0 radical (unpaired) electrons. The van der Waals surface area contributed by atoms with E-state index in [1.54, 1.807) is 0 Å². The van der Waals surface area contributed by atoms with E-state index in [-0.39, 0.29) is 19.8 Å². The molecule has 0 aromatic heterocycles. The number of ether oxygens (including phenoxy) is 4. The predicted octanol–water partition coefficient (Wildman–Crippen LogP) is 3.81. The SMILES string of the molecule is CC(=O)OCC(COc1ccccc1CCCCNC(=O)OCc1ccccc1)OC(C)=O. The van der Waals surface area contributed by atoms with Gasteiger partial charge in [-0.3, -0.25) is 9.59 Å². The minimum atomic E-state index is -0.689. The average Bonchev–Trinajstić information content (AvgIpc) is 2.80. The fraction of sp³-hybridized carbons (Fsp3) is 0.400. The van der Waals surface area contributed by atoms with Crippen LogP contribution in [0.5, 0.6) is 5.75 Å². The van der Waals surface area contributed by atoms with E-state index in [1.165, 1.54) is 13.8 Å². The lowest BCUT2D eigenvalue weighted by atomic mass is 10.1. The summed E-state index contributed by atoms with van der Waals surface area (Å²) in [7, 11) is 0. The van der Waals surface area contributed by atoms with Crippen LogP contribution < -0.4 is 10.1 Å². The number of hydrogen-bond donors (Lipinski definition) is 1. The summed E-state index contributed by atoms with van der Waals surface area (Å²) in [5, 5.41) is 2.75. The molecule has 0 saturated carbocycles. The lowest BCUT2D eigenvalue weighted by Crippen LogP contribution is -2.30. The molecule has 0 aliphatic rings. The minimum Gasteiger partial charge on any atom is -0.489 e. The Morgan fingerprint density at radius 1 is 0.848 bits per heavy atom. The minimum absolute atomic E-state index is 0.0663. The second-order valence-electron chi connectivity index (χ2n) is 7.40. The van der Waals surface area contributed by atoms with Crippen LogP contribution in [0.3, 0.4) is 0 Å². The summed E-state index contributed by atoms with van der Waals surface area (Å²) in [4.78, 5) is 34.1. The zero-order valence-electron chi connectivity index (χ0n) is 19.1. The van der Waals surface area contributed by atoms with Gasteiger partial charge in [-0.05, 0) is 36.5 Å². The van der Waals surface area contributed by atoms with Gasteiger partial charge in [0.25, 0.3) is 0 Å². The van der Waals surface area contributed by atoms with E-state index in [4.69, 9.17) is 18.9 Å². The highest BCUT2D eigenvalue weighted by molar-refractivity contribution is 5.67. The Bertz CT molecular complexity index is 885. The van der Waals surface area contributed by atoms with Gasteiger partial charge in [0.1, 0.15) is 25.6 Å². The predicted molar refractivity (Wildman–Crippen MR) is 122 cm³/mol. The zero-order valence-corrected chi connectivity index (χ0v) is 19.1. The average molecular weight is 458 g/mol. The van der Waals surface area contributed by atoms with Crippen LogP contribution in [0.2, 0.25) is 0 Å². The highest BCUT2D eigenvalue weighted by atomic mass is 16.6. The topological polar surface area (TPSA) is 100 Å². The molecule has 0 heterocycles. The highest BCUT2D eigenvalue weighted by Gasteiger charge is 2.16. The van der Waals surface area contributed by atoms with Crippen molar-refractivity contribution in [3.05, 3.63) is 65.7 Å². The first-order chi connectivity index (χ1) is 15.9. The summed E-state index contributed by atoms with van der Waals surface area (Å²) >= 11 is 0. The van der Waals surface area contributed by atoms with E-state index < -0.39 is 24.1 Å². The molecular weight excluding hydrogens is 426 g/mol. The third-order valence-corrected chi connectivity index (χ3v) is 4.56. The Kier molecular flexibility index (Phi) is 11.3. The number of amides is 1. The van der Waals surface area contributed by atoms with Crippen LogP contribution in [0.1, 0.15) is 37.8 Å². The van der Waals surface area contributed by atoms with Crippen LogP contribution in [0, 0.1) is 0 Å². The summed E-state index contributed by atoms with van der Waals surface area (Å²) in [6.45, 7) is 3.33. The Hall–Kier alpha value is -3.55. The summed E-state index contributed by atoms with van der Waals surface area (Å²) in [6, 6.07) is 17.1. The van der Waals surface area contributed by atoms with Crippen molar-refractivity contribution in [2.24, 2.45) is 0 Å². The molecule has 2 rings (SSSR count). The number of nitrogens with one attached hydrogen (secondary N) is 1. The number of rotatable bonds is 13. The van der Waals surface area contributed by atoms with Crippen molar-refractivity contribution in [3.63, 3.8) is 0 Å². The van der Waals surface area contributed by atoms with Gasteiger partial charge in [0, 0.05) is 20.4 Å². The molecule has 1 N–H and O–H groups in total. The summed E-state index contributed by atoms with van der Waals surface area (Å²) < 4.78 is 21.1. The van der Waals surface area contributed by atoms with Crippen molar-refractivity contribution in [2.75, 3.05) is 19.8 Å². The molecule has 0 fully saturated rings. The second-order valence-corrected chi connectivity index (χ2v) is 7.40. The van der Waals surface area contributed by atoms with E-state index in [0.29, 0.717) is 12.3 Å². The molecule has 0 aliphatic carbocycles. The second kappa shape index (κ2) is 14.5. The monoisotopic (exact) mass is 457 g/mol. The molecule has 0 aliphatic heterocycles. The molecule has 8 nitrogen and oxygen atoms in total. The zero-order chi connectivity index (χ0) is 23.9. The van der Waals surface area contributed by atoms with Gasteiger partial charge in [0.05, 0.1) is 0 Å². The molecule has 0 bridgehead atoms. The molecule has 178 valence electrons. The molecule has 0 spiro atoms. The van der Waals surface area contributed by atoms with Crippen LogP contribution in [0.4, 0.5) is 4.79 Å². The maximum absolute atomic E-state index is 11.8. The Morgan fingerprint density at radius 3 is 2.30 bits per heavy atom. The normalized spacial score (nSPS) is 11.2. The summed E-state index contributed by atoms with van der Waals surface area (Å²) in [6.07, 6.45) is 1.23. The number of esters is 2. The largest absolute Gasteiger partial charge is 0.489 e. The molecule has 1 unspecified atom stereocenters. The smallest absolute Gasteiger partial charge is 0.407 e. The first-order valence-electron chi connectivity index (χ1n) is 10.9. The lowest BCUT2D eigenvalue weighted by molar-refractivity contribution is -0.158. The number of benzene rings is 2. The summed E-state index contributed by atoms with van der Waals surface area (Å²) in [5.41, 5.74) is 1.94. The number of unbranched alkanes of at least 4 members (excludes halogenated alkanes) is 1. The standard InChI is InChI=1S/C25H31NO7/c1-19(27)30-17-23(33-20(2)28)18-31-24-14-7-6-12-22(24)13-8-9-15-26-25(29)32-16-21-10-4-3-5-11-21/h3-7,10-12,14,23H,8-9,13,15-18H2,1-2H3,(H,26,29). The van der Waals surface area contributed by atoms with E-state index in [1.807, 2.05) is 54.6 Å². The van der Waals surface area contributed by atoms with Gasteiger partial charge in [-0.2, -0.15) is 0 Å². The third kappa shape index (κ3) is 11.0. The van der Waals surface area contributed by atoms with Crippen molar-refractivity contribution < 1.29 is 33.3 Å². The molecule has 0 saturated heterocycles. The molecule has 1 amide bonds. The fourth-order valence-electron chi connectivity index (χ4n) is 3.00. The Balaban J connectivity index is 1.71. The number of alkyl carbamates (subject to hydrolysis) is 1. The van der Waals surface area contributed by atoms with Crippen molar-refractivity contribution in [2.45, 2.75) is 45.8 Å². The van der Waals surface area contributed by atoms with Crippen molar-refractivity contribution in [3.8, 4) is 5.75 Å². The first-order valence-corrected chi connectivity index (χ1v) is 10.9. The maximum Gasteiger partial charge on any atom is 0.407 e. The van der Waals surface area contributed by atoms with Crippen molar-refractivity contribution in [1.29, 1.82) is 0 Å². The molecule has 2 aromatic rings. The van der Waals surface area contributed by atoms with Crippen LogP contribution in [0.15, 0.2) is 54.6 Å². The van der Waals surface area contributed by atoms with Gasteiger partial charge >= 0.3 is 18.0 Å². The number of hydrogen-bond acceptors (Lipinski definition) is 7. The number of para-hydroxylation sites is 1. The Morgan fingerprint density at radius 2 is 1.58 bits per heavy atom. The van der Waals surface area contributed by atoms with Gasteiger partial charge < -0.3 is 24.3 Å². The van der Waals surface area contributed by atoms with Gasteiger partial charge in [-0.15, -0.1) is 0 Å². The molecule has 33 heavy (non-hydrogen) atoms. The first kappa shape index (κ1) is 25.7. The van der Waals surface area contributed by atoms with Crippen LogP contribution in [0.25, 0.3) is 0 Å². The molecular formula is C25H31NO7.